The zero-order chi connectivity index (χ0) is 12.0. The summed E-state index contributed by atoms with van der Waals surface area (Å²) < 4.78 is 0. The molecule has 0 spiro atoms. The van der Waals surface area contributed by atoms with Gasteiger partial charge in [-0.25, -0.2) is 0 Å². The SMILES string of the molecule is CC1(C)CCC(N2CCC(NC3CC3)C2=O)C1. The van der Waals surface area contributed by atoms with Gasteiger partial charge in [-0.15, -0.1) is 0 Å². The molecule has 2 unspecified atom stereocenters. The van der Waals surface area contributed by atoms with Crippen LogP contribution in [-0.4, -0.2) is 35.5 Å². The molecule has 3 fully saturated rings. The van der Waals surface area contributed by atoms with Gasteiger partial charge in [0.1, 0.15) is 0 Å². The predicted molar refractivity (Wildman–Crippen MR) is 67.7 cm³/mol. The molecule has 17 heavy (non-hydrogen) atoms. The van der Waals surface area contributed by atoms with Crippen molar-refractivity contribution in [1.82, 2.24) is 10.2 Å². The van der Waals surface area contributed by atoms with Crippen LogP contribution in [-0.2, 0) is 4.79 Å². The van der Waals surface area contributed by atoms with E-state index in [1.807, 2.05) is 0 Å². The van der Waals surface area contributed by atoms with Gasteiger partial charge in [-0.2, -0.15) is 0 Å². The summed E-state index contributed by atoms with van der Waals surface area (Å²) in [5.74, 6) is 0.375. The average molecular weight is 236 g/mol. The molecule has 3 heteroatoms. The monoisotopic (exact) mass is 236 g/mol. The average Bonchev–Trinajstić information content (AvgIpc) is 2.91. The molecule has 0 bridgehead atoms. The van der Waals surface area contributed by atoms with Crippen molar-refractivity contribution in [2.75, 3.05) is 6.54 Å². The Hall–Kier alpha value is -0.570. The minimum absolute atomic E-state index is 0.131. The molecule has 3 aliphatic rings. The molecule has 0 aromatic carbocycles. The number of nitrogens with one attached hydrogen (secondary N) is 1. The van der Waals surface area contributed by atoms with Gasteiger partial charge in [0, 0.05) is 18.6 Å². The second-order valence-electron chi connectivity index (χ2n) is 6.87. The molecule has 96 valence electrons. The van der Waals surface area contributed by atoms with Crippen LogP contribution in [0.1, 0.15) is 52.4 Å². The van der Waals surface area contributed by atoms with Gasteiger partial charge in [0.2, 0.25) is 5.91 Å². The Morgan fingerprint density at radius 3 is 2.59 bits per heavy atom. The first-order chi connectivity index (χ1) is 8.05. The second-order valence-corrected chi connectivity index (χ2v) is 6.87. The number of carbonyl (C=O) groups excluding carboxylic acids is 1. The van der Waals surface area contributed by atoms with Crippen molar-refractivity contribution in [3.05, 3.63) is 0 Å². The van der Waals surface area contributed by atoms with Gasteiger partial charge in [0.25, 0.3) is 0 Å². The van der Waals surface area contributed by atoms with Crippen LogP contribution in [0.25, 0.3) is 0 Å². The summed E-state index contributed by atoms with van der Waals surface area (Å²) in [4.78, 5) is 14.5. The topological polar surface area (TPSA) is 32.3 Å². The maximum absolute atomic E-state index is 12.3. The third-order valence-electron chi connectivity index (χ3n) is 4.64. The molecule has 3 nitrogen and oxygen atoms in total. The Bertz CT molecular complexity index is 322. The first-order valence-electron chi connectivity index (χ1n) is 7.12. The molecule has 1 aliphatic heterocycles. The molecule has 2 atom stereocenters. The van der Waals surface area contributed by atoms with E-state index in [9.17, 15) is 4.79 Å². The van der Waals surface area contributed by atoms with Gasteiger partial charge in [0.05, 0.1) is 6.04 Å². The van der Waals surface area contributed by atoms with E-state index in [1.165, 1.54) is 32.1 Å². The fraction of sp³-hybridized carbons (Fsp3) is 0.929. The molecule has 3 rings (SSSR count). The molecule has 1 N–H and O–H groups in total. The maximum atomic E-state index is 12.3. The van der Waals surface area contributed by atoms with Gasteiger partial charge < -0.3 is 10.2 Å². The molecular formula is C14H24N2O. The molecule has 2 saturated carbocycles. The number of rotatable bonds is 3. The van der Waals surface area contributed by atoms with E-state index >= 15 is 0 Å². The van der Waals surface area contributed by atoms with Crippen molar-refractivity contribution in [2.24, 2.45) is 5.41 Å². The Balaban J connectivity index is 1.59. The third-order valence-corrected chi connectivity index (χ3v) is 4.64. The predicted octanol–water partition coefficient (Wildman–Crippen LogP) is 1.92. The van der Waals surface area contributed by atoms with Gasteiger partial charge in [0.15, 0.2) is 0 Å². The van der Waals surface area contributed by atoms with Crippen LogP contribution in [0.15, 0.2) is 0 Å². The van der Waals surface area contributed by atoms with Crippen molar-refractivity contribution in [3.8, 4) is 0 Å². The van der Waals surface area contributed by atoms with E-state index in [0.717, 1.165) is 13.0 Å². The minimum atomic E-state index is 0.131. The van der Waals surface area contributed by atoms with Crippen molar-refractivity contribution >= 4 is 5.91 Å². The number of likely N-dealkylation sites (tertiary alicyclic amines) is 1. The van der Waals surface area contributed by atoms with E-state index in [4.69, 9.17) is 0 Å². The zero-order valence-corrected chi connectivity index (χ0v) is 11.0. The fourth-order valence-corrected chi connectivity index (χ4v) is 3.42. The van der Waals surface area contributed by atoms with Crippen molar-refractivity contribution < 1.29 is 4.79 Å². The molecular weight excluding hydrogens is 212 g/mol. The van der Waals surface area contributed by atoms with Gasteiger partial charge in [-0.1, -0.05) is 13.8 Å². The summed E-state index contributed by atoms with van der Waals surface area (Å²) in [7, 11) is 0. The number of hydrogen-bond acceptors (Lipinski definition) is 2. The van der Waals surface area contributed by atoms with Gasteiger partial charge in [-0.05, 0) is 43.9 Å². The van der Waals surface area contributed by atoms with Crippen LogP contribution in [0.2, 0.25) is 0 Å². The molecule has 0 aromatic rings. The van der Waals surface area contributed by atoms with Crippen molar-refractivity contribution in [2.45, 2.75) is 70.5 Å². The molecule has 2 aliphatic carbocycles. The van der Waals surface area contributed by atoms with Crippen LogP contribution in [0.5, 0.6) is 0 Å². The first kappa shape index (κ1) is 11.5. The smallest absolute Gasteiger partial charge is 0.240 e. The highest BCUT2D eigenvalue weighted by atomic mass is 16.2. The lowest BCUT2D eigenvalue weighted by Gasteiger charge is -2.26. The summed E-state index contributed by atoms with van der Waals surface area (Å²) in [6.07, 6.45) is 7.21. The lowest BCUT2D eigenvalue weighted by Crippen LogP contribution is -2.42. The van der Waals surface area contributed by atoms with Crippen LogP contribution >= 0.6 is 0 Å². The highest BCUT2D eigenvalue weighted by Gasteiger charge is 2.42. The number of hydrogen-bond donors (Lipinski definition) is 1. The van der Waals surface area contributed by atoms with Crippen LogP contribution in [0.3, 0.4) is 0 Å². The van der Waals surface area contributed by atoms with Crippen molar-refractivity contribution in [1.29, 1.82) is 0 Å². The number of carbonyl (C=O) groups is 1. The lowest BCUT2D eigenvalue weighted by molar-refractivity contribution is -0.131. The number of nitrogens with zero attached hydrogens (tertiary/aromatic N) is 1. The lowest BCUT2D eigenvalue weighted by atomic mass is 9.91. The fourth-order valence-electron chi connectivity index (χ4n) is 3.42. The largest absolute Gasteiger partial charge is 0.338 e. The summed E-state index contributed by atoms with van der Waals surface area (Å²) >= 11 is 0. The van der Waals surface area contributed by atoms with Crippen LogP contribution < -0.4 is 5.32 Å². The summed E-state index contributed by atoms with van der Waals surface area (Å²) in [5.41, 5.74) is 0.437. The molecule has 1 heterocycles. The standard InChI is InChI=1S/C14H24N2O/c1-14(2)7-5-11(9-14)16-8-6-12(13(16)17)15-10-3-4-10/h10-12,15H,3-9H2,1-2H3. The van der Waals surface area contributed by atoms with E-state index in [0.29, 0.717) is 23.4 Å². The highest BCUT2D eigenvalue weighted by molar-refractivity contribution is 5.84. The minimum Gasteiger partial charge on any atom is -0.338 e. The summed E-state index contributed by atoms with van der Waals surface area (Å²) in [5, 5.41) is 3.49. The Kier molecular flexibility index (Phi) is 2.69. The Morgan fingerprint density at radius 2 is 2.00 bits per heavy atom. The molecule has 0 radical (unpaired) electrons. The summed E-state index contributed by atoms with van der Waals surface area (Å²) in [6, 6.07) is 1.29. The maximum Gasteiger partial charge on any atom is 0.240 e. The van der Waals surface area contributed by atoms with Crippen LogP contribution in [0, 0.1) is 5.41 Å². The normalized spacial score (nSPS) is 36.8. The van der Waals surface area contributed by atoms with Gasteiger partial charge in [-0.3, -0.25) is 4.79 Å². The van der Waals surface area contributed by atoms with Crippen molar-refractivity contribution in [3.63, 3.8) is 0 Å². The highest BCUT2D eigenvalue weighted by Crippen LogP contribution is 2.40. The number of amides is 1. The Labute approximate surface area is 104 Å². The molecule has 1 amide bonds. The molecule has 0 aromatic heterocycles. The quantitative estimate of drug-likeness (QED) is 0.812. The Morgan fingerprint density at radius 1 is 1.24 bits per heavy atom. The molecule has 1 saturated heterocycles. The third kappa shape index (κ3) is 2.35. The van der Waals surface area contributed by atoms with E-state index < -0.39 is 0 Å². The first-order valence-corrected chi connectivity index (χ1v) is 7.12. The zero-order valence-electron chi connectivity index (χ0n) is 11.0. The summed E-state index contributed by atoms with van der Waals surface area (Å²) in [6.45, 7) is 5.63. The van der Waals surface area contributed by atoms with E-state index in [-0.39, 0.29) is 6.04 Å². The second kappa shape index (κ2) is 3.98. The van der Waals surface area contributed by atoms with Gasteiger partial charge >= 0.3 is 0 Å². The van der Waals surface area contributed by atoms with Crippen LogP contribution in [0.4, 0.5) is 0 Å². The van der Waals surface area contributed by atoms with E-state index in [1.54, 1.807) is 0 Å². The van der Waals surface area contributed by atoms with E-state index in [2.05, 4.69) is 24.1 Å².